The van der Waals surface area contributed by atoms with Crippen LogP contribution in [0.25, 0.3) is 0 Å². The summed E-state index contributed by atoms with van der Waals surface area (Å²) in [4.78, 5) is 12.2. The van der Waals surface area contributed by atoms with E-state index in [1.54, 1.807) is 6.07 Å². The second kappa shape index (κ2) is 7.82. The number of hydrogen-bond acceptors (Lipinski definition) is 3. The average molecular weight is 520 g/mol. The maximum atomic E-state index is 12.2. The summed E-state index contributed by atoms with van der Waals surface area (Å²) in [5.74, 6) is -0.283. The molecule has 4 nitrogen and oxygen atoms in total. The number of nitrogens with one attached hydrogen (secondary N) is 2. The van der Waals surface area contributed by atoms with E-state index in [1.165, 1.54) is 6.20 Å². The molecule has 0 atom stereocenters. The first-order valence-electron chi connectivity index (χ1n) is 6.44. The Morgan fingerprint density at radius 2 is 1.73 bits per heavy atom. The Kier molecular flexibility index (Phi) is 6.07. The van der Waals surface area contributed by atoms with E-state index in [4.69, 9.17) is 5.11 Å². The number of hydrogen-bond donors (Lipinski definition) is 3. The number of aliphatic hydroxyl groups is 1. The number of amides is 1. The highest BCUT2D eigenvalue weighted by Crippen LogP contribution is 2.26. The molecule has 3 N–H and O–H groups in total. The quantitative estimate of drug-likeness (QED) is 0.405. The van der Waals surface area contributed by atoms with E-state index in [1.807, 2.05) is 31.2 Å². The van der Waals surface area contributed by atoms with Crippen LogP contribution >= 0.6 is 45.2 Å². The first-order chi connectivity index (χ1) is 10.5. The Hall–Kier alpha value is -1.29. The number of aliphatic hydroxyl groups excluding tert-OH is 1. The largest absolute Gasteiger partial charge is 0.514 e. The zero-order chi connectivity index (χ0) is 16.1. The van der Waals surface area contributed by atoms with Crippen LogP contribution in [0.5, 0.6) is 0 Å². The van der Waals surface area contributed by atoms with Gasteiger partial charge in [-0.1, -0.05) is 0 Å². The van der Waals surface area contributed by atoms with Crippen molar-refractivity contribution >= 4 is 62.5 Å². The molecule has 0 radical (unpaired) electrons. The summed E-state index contributed by atoms with van der Waals surface area (Å²) in [6.45, 7) is 2.02. The SMILES string of the molecule is Cc1cc(I)ccc1Nc1ccc(I)cc1C(=O)N/C=C/O. The standard InChI is InChI=1S/C16H14I2N2O2/c1-10-8-11(17)2-4-14(10)20-15-5-3-12(18)9-13(15)16(22)19-6-7-21/h2-9,20-21H,1H3,(H,19,22)/b7-6+. The number of aryl methyl sites for hydroxylation is 1. The van der Waals surface area contributed by atoms with Crippen molar-refractivity contribution in [1.82, 2.24) is 5.32 Å². The first kappa shape index (κ1) is 17.1. The van der Waals surface area contributed by atoms with Crippen molar-refractivity contribution in [3.63, 3.8) is 0 Å². The lowest BCUT2D eigenvalue weighted by molar-refractivity contribution is 0.0970. The van der Waals surface area contributed by atoms with E-state index in [9.17, 15) is 4.79 Å². The molecule has 0 aliphatic rings. The summed E-state index contributed by atoms with van der Waals surface area (Å²) in [5.41, 5.74) is 3.29. The minimum atomic E-state index is -0.283. The van der Waals surface area contributed by atoms with Crippen LogP contribution in [-0.2, 0) is 0 Å². The molecule has 2 rings (SSSR count). The van der Waals surface area contributed by atoms with Gasteiger partial charge in [-0.25, -0.2) is 0 Å². The predicted octanol–water partition coefficient (Wildman–Crippen LogP) is 4.71. The lowest BCUT2D eigenvalue weighted by Crippen LogP contribution is -2.18. The summed E-state index contributed by atoms with van der Waals surface area (Å²) in [7, 11) is 0. The molecule has 6 heteroatoms. The van der Waals surface area contributed by atoms with Gasteiger partial charge in [-0.15, -0.1) is 0 Å². The van der Waals surface area contributed by atoms with Gasteiger partial charge in [0.25, 0.3) is 5.91 Å². The number of rotatable bonds is 4. The molecular weight excluding hydrogens is 506 g/mol. The number of benzene rings is 2. The number of halogens is 2. The van der Waals surface area contributed by atoms with Crippen molar-refractivity contribution in [2.75, 3.05) is 5.32 Å². The lowest BCUT2D eigenvalue weighted by Gasteiger charge is -2.14. The second-order valence-electron chi connectivity index (χ2n) is 4.56. The van der Waals surface area contributed by atoms with Crippen molar-refractivity contribution in [3.05, 3.63) is 67.1 Å². The second-order valence-corrected chi connectivity index (χ2v) is 7.05. The maximum Gasteiger partial charge on any atom is 0.257 e. The van der Waals surface area contributed by atoms with Crippen LogP contribution in [0, 0.1) is 14.1 Å². The first-order valence-corrected chi connectivity index (χ1v) is 8.60. The fourth-order valence-corrected chi connectivity index (χ4v) is 3.05. The lowest BCUT2D eigenvalue weighted by atomic mass is 10.1. The summed E-state index contributed by atoms with van der Waals surface area (Å²) in [6, 6.07) is 11.7. The Labute approximate surface area is 156 Å². The Morgan fingerprint density at radius 3 is 2.36 bits per heavy atom. The molecule has 0 aliphatic heterocycles. The normalized spacial score (nSPS) is 10.7. The van der Waals surface area contributed by atoms with Gasteiger partial charge in [0.1, 0.15) is 0 Å². The van der Waals surface area contributed by atoms with Gasteiger partial charge in [0, 0.05) is 19.0 Å². The summed E-state index contributed by atoms with van der Waals surface area (Å²) in [6.07, 6.45) is 1.99. The van der Waals surface area contributed by atoms with Crippen molar-refractivity contribution in [2.45, 2.75) is 6.92 Å². The highest BCUT2D eigenvalue weighted by Gasteiger charge is 2.12. The third kappa shape index (κ3) is 4.35. The van der Waals surface area contributed by atoms with E-state index < -0.39 is 0 Å². The highest BCUT2D eigenvalue weighted by atomic mass is 127. The molecule has 0 aromatic heterocycles. The van der Waals surface area contributed by atoms with E-state index in [-0.39, 0.29) is 5.91 Å². The van der Waals surface area contributed by atoms with E-state index in [0.29, 0.717) is 11.3 Å². The summed E-state index contributed by atoms with van der Waals surface area (Å²) < 4.78 is 2.12. The molecule has 0 heterocycles. The molecule has 2 aromatic carbocycles. The number of carbonyl (C=O) groups excluding carboxylic acids is 1. The van der Waals surface area contributed by atoms with Gasteiger partial charge in [-0.2, -0.15) is 0 Å². The molecule has 114 valence electrons. The van der Waals surface area contributed by atoms with Gasteiger partial charge < -0.3 is 15.7 Å². The molecule has 0 spiro atoms. The third-order valence-corrected chi connectivity index (χ3v) is 4.31. The van der Waals surface area contributed by atoms with Gasteiger partial charge in [-0.05, 0) is 94.1 Å². The molecule has 0 aliphatic carbocycles. The summed E-state index contributed by atoms with van der Waals surface area (Å²) >= 11 is 4.42. The Morgan fingerprint density at radius 1 is 1.09 bits per heavy atom. The topological polar surface area (TPSA) is 61.4 Å². The van der Waals surface area contributed by atoms with Gasteiger partial charge in [-0.3, -0.25) is 4.79 Å². The fourth-order valence-electron chi connectivity index (χ4n) is 1.92. The molecule has 0 saturated heterocycles. The molecule has 1 amide bonds. The van der Waals surface area contributed by atoms with Gasteiger partial charge in [0.05, 0.1) is 17.5 Å². The Balaban J connectivity index is 2.36. The van der Waals surface area contributed by atoms with Gasteiger partial charge >= 0.3 is 0 Å². The Bertz CT molecular complexity index is 730. The minimum absolute atomic E-state index is 0.283. The molecule has 22 heavy (non-hydrogen) atoms. The van der Waals surface area contributed by atoms with Crippen LogP contribution in [0.15, 0.2) is 48.9 Å². The van der Waals surface area contributed by atoms with Crippen LogP contribution in [0.4, 0.5) is 11.4 Å². The predicted molar refractivity (Wildman–Crippen MR) is 106 cm³/mol. The van der Waals surface area contributed by atoms with Crippen LogP contribution in [0.1, 0.15) is 15.9 Å². The van der Waals surface area contributed by atoms with Crippen LogP contribution < -0.4 is 10.6 Å². The average Bonchev–Trinajstić information content (AvgIpc) is 2.49. The molecule has 0 bridgehead atoms. The molecule has 2 aromatic rings. The number of anilines is 2. The minimum Gasteiger partial charge on any atom is -0.514 e. The zero-order valence-electron chi connectivity index (χ0n) is 11.7. The van der Waals surface area contributed by atoms with Crippen LogP contribution in [-0.4, -0.2) is 11.0 Å². The van der Waals surface area contributed by atoms with Crippen LogP contribution in [0.2, 0.25) is 0 Å². The maximum absolute atomic E-state index is 12.2. The van der Waals surface area contributed by atoms with Crippen molar-refractivity contribution < 1.29 is 9.90 Å². The molecular formula is C16H14I2N2O2. The third-order valence-electron chi connectivity index (χ3n) is 2.97. The molecule has 0 unspecified atom stereocenters. The zero-order valence-corrected chi connectivity index (χ0v) is 16.0. The van der Waals surface area contributed by atoms with Crippen LogP contribution in [0.3, 0.4) is 0 Å². The number of carbonyl (C=O) groups is 1. The van der Waals surface area contributed by atoms with E-state index in [0.717, 1.165) is 24.7 Å². The molecule has 0 saturated carbocycles. The van der Waals surface area contributed by atoms with Crippen molar-refractivity contribution in [3.8, 4) is 0 Å². The molecule has 0 fully saturated rings. The van der Waals surface area contributed by atoms with E-state index >= 15 is 0 Å². The van der Waals surface area contributed by atoms with Gasteiger partial charge in [0.2, 0.25) is 0 Å². The van der Waals surface area contributed by atoms with E-state index in [2.05, 4.69) is 61.9 Å². The monoisotopic (exact) mass is 520 g/mol. The van der Waals surface area contributed by atoms with Gasteiger partial charge in [0.15, 0.2) is 0 Å². The smallest absolute Gasteiger partial charge is 0.257 e. The summed E-state index contributed by atoms with van der Waals surface area (Å²) in [5, 5.41) is 14.5. The fraction of sp³-hybridized carbons (Fsp3) is 0.0625. The van der Waals surface area contributed by atoms with Crippen molar-refractivity contribution in [2.24, 2.45) is 0 Å². The van der Waals surface area contributed by atoms with Crippen molar-refractivity contribution in [1.29, 1.82) is 0 Å². The highest BCUT2D eigenvalue weighted by molar-refractivity contribution is 14.1.